The monoisotopic (exact) mass is 247 g/mol. The zero-order valence-corrected chi connectivity index (χ0v) is 10.6. The minimum atomic E-state index is 0.783. The van der Waals surface area contributed by atoms with Gasteiger partial charge in [0.1, 0.15) is 0 Å². The van der Waals surface area contributed by atoms with Gasteiger partial charge in [-0.05, 0) is 47.6 Å². The molecule has 3 aromatic rings. The first-order chi connectivity index (χ1) is 9.40. The smallest absolute Gasteiger partial charge is 0.0650 e. The molecular formula is C17H15N2. The highest BCUT2D eigenvalue weighted by atomic mass is 15.1. The van der Waals surface area contributed by atoms with E-state index >= 15 is 0 Å². The number of hydrogen-bond donors (Lipinski definition) is 1. The van der Waals surface area contributed by atoms with Gasteiger partial charge in [-0.1, -0.05) is 30.3 Å². The minimum absolute atomic E-state index is 0.783. The Hall–Kier alpha value is -2.09. The largest absolute Gasteiger partial charge is 0.278 e. The fourth-order valence-electron chi connectivity index (χ4n) is 2.64. The van der Waals surface area contributed by atoms with E-state index in [1.165, 1.54) is 29.5 Å². The van der Waals surface area contributed by atoms with Crippen LogP contribution in [-0.2, 0) is 0 Å². The van der Waals surface area contributed by atoms with Crippen molar-refractivity contribution in [3.05, 3.63) is 71.8 Å². The van der Waals surface area contributed by atoms with Gasteiger partial charge in [-0.2, -0.15) is 5.10 Å². The Morgan fingerprint density at radius 2 is 2.00 bits per heavy atom. The third-order valence-corrected chi connectivity index (χ3v) is 3.80. The summed E-state index contributed by atoms with van der Waals surface area (Å²) in [5, 5.41) is 8.22. The maximum atomic E-state index is 4.07. The van der Waals surface area contributed by atoms with E-state index in [4.69, 9.17) is 0 Å². The van der Waals surface area contributed by atoms with Gasteiger partial charge < -0.3 is 0 Å². The molecule has 0 saturated heterocycles. The minimum Gasteiger partial charge on any atom is -0.278 e. The van der Waals surface area contributed by atoms with Crippen LogP contribution in [0.25, 0.3) is 10.9 Å². The van der Waals surface area contributed by atoms with E-state index in [1.54, 1.807) is 0 Å². The van der Waals surface area contributed by atoms with Crippen molar-refractivity contribution in [2.24, 2.45) is 0 Å². The topological polar surface area (TPSA) is 28.7 Å². The van der Waals surface area contributed by atoms with Crippen LogP contribution < -0.4 is 0 Å². The van der Waals surface area contributed by atoms with Crippen LogP contribution >= 0.6 is 0 Å². The molecule has 1 radical (unpaired) electrons. The molecule has 2 aromatic carbocycles. The summed E-state index contributed by atoms with van der Waals surface area (Å²) < 4.78 is 0. The van der Waals surface area contributed by atoms with Crippen LogP contribution in [-0.4, -0.2) is 10.2 Å². The third kappa shape index (κ3) is 2.03. The van der Waals surface area contributed by atoms with Gasteiger partial charge in [0, 0.05) is 11.8 Å². The molecule has 2 heteroatoms. The van der Waals surface area contributed by atoms with Crippen LogP contribution in [0, 0.1) is 6.42 Å². The van der Waals surface area contributed by atoms with Crippen molar-refractivity contribution < 1.29 is 0 Å². The zero-order valence-electron chi connectivity index (χ0n) is 10.6. The summed E-state index contributed by atoms with van der Waals surface area (Å²) in [6.07, 6.45) is 6.83. The second-order valence-corrected chi connectivity index (χ2v) is 5.26. The van der Waals surface area contributed by atoms with Crippen molar-refractivity contribution in [3.63, 3.8) is 0 Å². The van der Waals surface area contributed by atoms with Crippen molar-refractivity contribution in [2.75, 3.05) is 0 Å². The summed E-state index contributed by atoms with van der Waals surface area (Å²) in [6.45, 7) is 0. The first-order valence-corrected chi connectivity index (χ1v) is 6.77. The molecule has 1 fully saturated rings. The SMILES string of the molecule is [CH](c1ccc2[nH]ncc2c1)c1ccccc1C1CC1. The maximum absolute atomic E-state index is 4.07. The summed E-state index contributed by atoms with van der Waals surface area (Å²) in [4.78, 5) is 0. The predicted octanol–water partition coefficient (Wildman–Crippen LogP) is 4.04. The van der Waals surface area contributed by atoms with Crippen molar-refractivity contribution >= 4 is 10.9 Å². The molecule has 1 aliphatic carbocycles. The molecule has 1 aromatic heterocycles. The average Bonchev–Trinajstić information content (AvgIpc) is 3.17. The number of nitrogens with zero attached hydrogens (tertiary/aromatic N) is 1. The molecular weight excluding hydrogens is 232 g/mol. The Morgan fingerprint density at radius 3 is 2.89 bits per heavy atom. The summed E-state index contributed by atoms with van der Waals surface area (Å²) in [5.41, 5.74) is 5.18. The lowest BCUT2D eigenvalue weighted by Gasteiger charge is -2.08. The van der Waals surface area contributed by atoms with Crippen molar-refractivity contribution in [3.8, 4) is 0 Å². The Labute approximate surface area is 112 Å². The molecule has 0 unspecified atom stereocenters. The lowest BCUT2D eigenvalue weighted by molar-refractivity contribution is 1.11. The summed E-state index contributed by atoms with van der Waals surface area (Å²) in [5.74, 6) is 0.783. The average molecular weight is 247 g/mol. The highest BCUT2D eigenvalue weighted by Gasteiger charge is 2.25. The van der Waals surface area contributed by atoms with Gasteiger partial charge in [0.05, 0.1) is 11.7 Å². The number of hydrogen-bond acceptors (Lipinski definition) is 1. The normalized spacial score (nSPS) is 14.9. The Kier molecular flexibility index (Phi) is 2.41. The molecule has 1 N–H and O–H groups in total. The lowest BCUT2D eigenvalue weighted by atomic mass is 9.96. The molecule has 1 heterocycles. The van der Waals surface area contributed by atoms with Gasteiger partial charge in [0.2, 0.25) is 0 Å². The molecule has 0 atom stereocenters. The van der Waals surface area contributed by atoms with Crippen LogP contribution in [0.15, 0.2) is 48.7 Å². The van der Waals surface area contributed by atoms with Gasteiger partial charge in [-0.15, -0.1) is 0 Å². The van der Waals surface area contributed by atoms with E-state index in [2.05, 4.69) is 59.1 Å². The van der Waals surface area contributed by atoms with E-state index < -0.39 is 0 Å². The molecule has 0 bridgehead atoms. The highest BCUT2D eigenvalue weighted by molar-refractivity contribution is 5.79. The molecule has 1 saturated carbocycles. The highest BCUT2D eigenvalue weighted by Crippen LogP contribution is 2.42. The van der Waals surface area contributed by atoms with E-state index in [1.807, 2.05) is 6.20 Å². The van der Waals surface area contributed by atoms with Crippen molar-refractivity contribution in [1.82, 2.24) is 10.2 Å². The number of benzene rings is 2. The quantitative estimate of drug-likeness (QED) is 0.743. The number of nitrogens with one attached hydrogen (secondary N) is 1. The van der Waals surface area contributed by atoms with E-state index in [-0.39, 0.29) is 0 Å². The second kappa shape index (κ2) is 4.23. The molecule has 4 rings (SSSR count). The molecule has 0 aliphatic heterocycles. The molecule has 1 aliphatic rings. The molecule has 93 valence electrons. The van der Waals surface area contributed by atoms with Crippen LogP contribution in [0.2, 0.25) is 0 Å². The maximum Gasteiger partial charge on any atom is 0.0650 e. The van der Waals surface area contributed by atoms with Gasteiger partial charge in [0.15, 0.2) is 0 Å². The standard InChI is InChI=1S/C17H15N2/c1-2-4-16(13-6-7-13)14(3-1)9-12-5-8-17-15(10-12)11-18-19-17/h1-5,8-11,13H,6-7H2,(H,18,19). The molecule has 0 spiro atoms. The van der Waals surface area contributed by atoms with Gasteiger partial charge in [-0.25, -0.2) is 0 Å². The van der Waals surface area contributed by atoms with E-state index in [0.717, 1.165) is 16.8 Å². The molecule has 2 nitrogen and oxygen atoms in total. The van der Waals surface area contributed by atoms with E-state index in [0.29, 0.717) is 0 Å². The second-order valence-electron chi connectivity index (χ2n) is 5.26. The first-order valence-electron chi connectivity index (χ1n) is 6.77. The molecule has 0 amide bonds. The Morgan fingerprint density at radius 1 is 1.11 bits per heavy atom. The van der Waals surface area contributed by atoms with Gasteiger partial charge in [0.25, 0.3) is 0 Å². The summed E-state index contributed by atoms with van der Waals surface area (Å²) in [6, 6.07) is 15.2. The van der Waals surface area contributed by atoms with E-state index in [9.17, 15) is 0 Å². The van der Waals surface area contributed by atoms with Crippen LogP contribution in [0.4, 0.5) is 0 Å². The Balaban J connectivity index is 1.70. The predicted molar refractivity (Wildman–Crippen MR) is 77.0 cm³/mol. The fourth-order valence-corrected chi connectivity index (χ4v) is 2.64. The fraction of sp³-hybridized carbons (Fsp3) is 0.176. The van der Waals surface area contributed by atoms with Crippen molar-refractivity contribution in [2.45, 2.75) is 18.8 Å². The summed E-state index contributed by atoms with van der Waals surface area (Å²) >= 11 is 0. The first kappa shape index (κ1) is 10.8. The lowest BCUT2D eigenvalue weighted by Crippen LogP contribution is -1.91. The molecule has 19 heavy (non-hydrogen) atoms. The third-order valence-electron chi connectivity index (χ3n) is 3.80. The van der Waals surface area contributed by atoms with Crippen LogP contribution in [0.5, 0.6) is 0 Å². The number of fused-ring (bicyclic) bond motifs is 1. The number of aromatic nitrogens is 2. The number of H-pyrrole nitrogens is 1. The van der Waals surface area contributed by atoms with Gasteiger partial charge in [-0.3, -0.25) is 5.10 Å². The van der Waals surface area contributed by atoms with Crippen LogP contribution in [0.3, 0.4) is 0 Å². The van der Waals surface area contributed by atoms with Crippen molar-refractivity contribution in [1.29, 1.82) is 0 Å². The number of rotatable bonds is 3. The van der Waals surface area contributed by atoms with Crippen LogP contribution in [0.1, 0.15) is 35.4 Å². The summed E-state index contributed by atoms with van der Waals surface area (Å²) in [7, 11) is 0. The Bertz CT molecular complexity index is 723. The zero-order chi connectivity index (χ0) is 12.7. The number of aromatic amines is 1. The van der Waals surface area contributed by atoms with Gasteiger partial charge >= 0.3 is 0 Å².